The largest absolute Gasteiger partial charge is 0.402 e. The molecule has 2 N–H and O–H groups in total. The summed E-state index contributed by atoms with van der Waals surface area (Å²) < 4.78 is 0. The topological polar surface area (TPSA) is 26.0 Å². The first-order valence-electron chi connectivity index (χ1n) is 3.63. The van der Waals surface area contributed by atoms with Crippen molar-refractivity contribution in [3.8, 4) is 0 Å². The summed E-state index contributed by atoms with van der Waals surface area (Å²) in [4.78, 5) is 0. The van der Waals surface area contributed by atoms with E-state index in [1.54, 1.807) is 0 Å². The monoisotopic (exact) mass is 155 g/mol. The second-order valence-corrected chi connectivity index (χ2v) is 3.86. The molecule has 2 heteroatoms. The molecule has 1 aliphatic rings. The fourth-order valence-electron chi connectivity index (χ4n) is 0.954. The quantitative estimate of drug-likeness (QED) is 0.533. The van der Waals surface area contributed by atoms with Crippen molar-refractivity contribution in [2.24, 2.45) is 5.73 Å². The number of hydrogen-bond acceptors (Lipinski definition) is 1. The van der Waals surface area contributed by atoms with Crippen LogP contribution in [0.2, 0.25) is 0 Å². The Balaban J connectivity index is 2.62. The van der Waals surface area contributed by atoms with Gasteiger partial charge in [-0.1, -0.05) is 26.0 Å². The minimum absolute atomic E-state index is 0.971. The summed E-state index contributed by atoms with van der Waals surface area (Å²) >= 11 is 0. The summed E-state index contributed by atoms with van der Waals surface area (Å²) in [5, 5.41) is 0. The maximum Gasteiger partial charge on any atom is 0.00762 e. The molecular weight excluding hydrogens is 141 g/mol. The van der Waals surface area contributed by atoms with Gasteiger partial charge in [-0.25, -0.2) is 0 Å². The lowest BCUT2D eigenvalue weighted by atomic mass is 10.1. The number of nitrogens with two attached hydrogens (primary N) is 1. The summed E-state index contributed by atoms with van der Waals surface area (Å²) in [5.74, 6) is 2.27. The first-order chi connectivity index (χ1) is 4.80. The Kier molecular flexibility index (Phi) is 2.95. The van der Waals surface area contributed by atoms with Gasteiger partial charge in [0.05, 0.1) is 0 Å². The van der Waals surface area contributed by atoms with Crippen LogP contribution in [0, 0.1) is 0 Å². The lowest BCUT2D eigenvalue weighted by Crippen LogP contribution is -2.02. The maximum absolute atomic E-state index is 5.80. The molecule has 0 radical (unpaired) electrons. The highest BCUT2D eigenvalue weighted by atomic mass is 31.1. The van der Waals surface area contributed by atoms with Gasteiger partial charge in [-0.05, 0) is 25.9 Å². The molecule has 0 aromatic heterocycles. The molecule has 0 fully saturated rings. The van der Waals surface area contributed by atoms with Gasteiger partial charge in [0.1, 0.15) is 0 Å². The van der Waals surface area contributed by atoms with E-state index in [2.05, 4.69) is 18.8 Å². The Morgan fingerprint density at radius 3 is 3.20 bits per heavy atom. The Labute approximate surface area is 64.2 Å². The molecule has 0 aromatic carbocycles. The first-order valence-corrected chi connectivity index (χ1v) is 4.91. The molecule has 0 saturated carbocycles. The molecule has 10 heavy (non-hydrogen) atoms. The highest BCUT2D eigenvalue weighted by Gasteiger charge is 1.98. The molecule has 1 heterocycles. The normalized spacial score (nSPS) is 22.9. The maximum atomic E-state index is 5.80. The standard InChI is InChI=1S/C8H14NP/c1-7-3-2-5-10-6-4-8(7)9/h2,5,10H,3-4,6,9H2,1H3. The molecule has 0 bridgehead atoms. The molecule has 1 atom stereocenters. The van der Waals surface area contributed by atoms with Gasteiger partial charge >= 0.3 is 0 Å². The van der Waals surface area contributed by atoms with Gasteiger partial charge in [-0.15, -0.1) is 0 Å². The Morgan fingerprint density at radius 1 is 1.60 bits per heavy atom. The van der Waals surface area contributed by atoms with Gasteiger partial charge in [0.2, 0.25) is 0 Å². The van der Waals surface area contributed by atoms with Gasteiger partial charge in [-0.2, -0.15) is 0 Å². The smallest absolute Gasteiger partial charge is 0.00762 e. The van der Waals surface area contributed by atoms with E-state index < -0.39 is 0 Å². The summed E-state index contributed by atoms with van der Waals surface area (Å²) in [6.07, 6.45) is 5.60. The predicted octanol–water partition coefficient (Wildman–Crippen LogP) is 2.21. The third kappa shape index (κ3) is 2.15. The van der Waals surface area contributed by atoms with E-state index in [1.807, 2.05) is 0 Å². The van der Waals surface area contributed by atoms with Crippen LogP contribution in [0.5, 0.6) is 0 Å². The molecule has 1 aliphatic heterocycles. The lowest BCUT2D eigenvalue weighted by Gasteiger charge is -2.07. The van der Waals surface area contributed by atoms with Crippen molar-refractivity contribution < 1.29 is 0 Å². The number of rotatable bonds is 0. The van der Waals surface area contributed by atoms with Crippen LogP contribution in [-0.4, -0.2) is 6.16 Å². The Hall–Kier alpha value is -0.290. The summed E-state index contributed by atoms with van der Waals surface area (Å²) in [7, 11) is 0.971. The van der Waals surface area contributed by atoms with Crippen LogP contribution in [0.3, 0.4) is 0 Å². The molecule has 1 unspecified atom stereocenters. The van der Waals surface area contributed by atoms with Crippen molar-refractivity contribution in [3.63, 3.8) is 0 Å². The predicted molar refractivity (Wildman–Crippen MR) is 48.4 cm³/mol. The van der Waals surface area contributed by atoms with Crippen LogP contribution in [-0.2, 0) is 0 Å². The van der Waals surface area contributed by atoms with Crippen molar-refractivity contribution in [3.05, 3.63) is 23.2 Å². The average Bonchev–Trinajstić information content (AvgIpc) is 1.92. The fourth-order valence-corrected chi connectivity index (χ4v) is 1.82. The van der Waals surface area contributed by atoms with Crippen molar-refractivity contribution in [1.82, 2.24) is 0 Å². The summed E-state index contributed by atoms with van der Waals surface area (Å²) in [6, 6.07) is 0. The lowest BCUT2D eigenvalue weighted by molar-refractivity contribution is 1.000. The Morgan fingerprint density at radius 2 is 2.40 bits per heavy atom. The van der Waals surface area contributed by atoms with Crippen LogP contribution < -0.4 is 5.73 Å². The molecule has 1 rings (SSSR count). The van der Waals surface area contributed by atoms with Crippen LogP contribution in [0.25, 0.3) is 0 Å². The third-order valence-corrected chi connectivity index (χ3v) is 2.76. The molecular formula is C8H14NP. The van der Waals surface area contributed by atoms with Crippen LogP contribution in [0.1, 0.15) is 19.8 Å². The molecule has 0 spiro atoms. The number of allylic oxidation sites excluding steroid dienone is 3. The van der Waals surface area contributed by atoms with Crippen molar-refractivity contribution in [2.45, 2.75) is 19.8 Å². The van der Waals surface area contributed by atoms with E-state index in [1.165, 1.54) is 11.7 Å². The zero-order valence-electron chi connectivity index (χ0n) is 6.35. The van der Waals surface area contributed by atoms with Crippen molar-refractivity contribution in [2.75, 3.05) is 6.16 Å². The first kappa shape index (κ1) is 7.81. The van der Waals surface area contributed by atoms with Crippen LogP contribution in [0.15, 0.2) is 23.2 Å². The van der Waals surface area contributed by atoms with Gasteiger partial charge < -0.3 is 5.73 Å². The molecule has 0 amide bonds. The Bertz CT molecular complexity index is 170. The second-order valence-electron chi connectivity index (χ2n) is 2.62. The molecule has 56 valence electrons. The zero-order chi connectivity index (χ0) is 7.40. The van der Waals surface area contributed by atoms with Crippen LogP contribution >= 0.6 is 8.58 Å². The molecule has 1 nitrogen and oxygen atoms in total. The van der Waals surface area contributed by atoms with Crippen LogP contribution in [0.4, 0.5) is 0 Å². The van der Waals surface area contributed by atoms with E-state index in [4.69, 9.17) is 5.73 Å². The summed E-state index contributed by atoms with van der Waals surface area (Å²) in [6.45, 7) is 2.12. The minimum atomic E-state index is 0.971. The van der Waals surface area contributed by atoms with Crippen molar-refractivity contribution in [1.29, 1.82) is 0 Å². The number of hydrogen-bond donors (Lipinski definition) is 1. The van der Waals surface area contributed by atoms with E-state index in [-0.39, 0.29) is 0 Å². The molecule has 0 aromatic rings. The third-order valence-electron chi connectivity index (χ3n) is 1.75. The SMILES string of the molecule is CC1=C(N)CCPC=CC1. The minimum Gasteiger partial charge on any atom is -0.402 e. The second kappa shape index (κ2) is 3.78. The van der Waals surface area contributed by atoms with E-state index >= 15 is 0 Å². The fraction of sp³-hybridized carbons (Fsp3) is 0.500. The van der Waals surface area contributed by atoms with E-state index in [0.717, 1.165) is 27.1 Å². The van der Waals surface area contributed by atoms with Gasteiger partial charge in [0.15, 0.2) is 0 Å². The highest BCUT2D eigenvalue weighted by molar-refractivity contribution is 7.41. The zero-order valence-corrected chi connectivity index (χ0v) is 7.35. The molecule has 0 aliphatic carbocycles. The van der Waals surface area contributed by atoms with Gasteiger partial charge in [0.25, 0.3) is 0 Å². The van der Waals surface area contributed by atoms with Gasteiger partial charge in [-0.3, -0.25) is 0 Å². The van der Waals surface area contributed by atoms with Gasteiger partial charge in [0, 0.05) is 5.70 Å². The summed E-state index contributed by atoms with van der Waals surface area (Å²) in [5.41, 5.74) is 8.25. The average molecular weight is 155 g/mol. The van der Waals surface area contributed by atoms with E-state index in [0.29, 0.717) is 0 Å². The molecule has 0 saturated heterocycles. The highest BCUT2D eigenvalue weighted by Crippen LogP contribution is 2.21. The van der Waals surface area contributed by atoms with Crippen molar-refractivity contribution >= 4 is 8.58 Å². The van der Waals surface area contributed by atoms with E-state index in [9.17, 15) is 0 Å².